The van der Waals surface area contributed by atoms with Crippen molar-refractivity contribution in [3.05, 3.63) is 41.4 Å². The molecule has 18 heavy (non-hydrogen) atoms. The molecule has 1 unspecified atom stereocenters. The molecule has 1 rings (SSSR count). The number of nitrogens with one attached hydrogen (secondary N) is 1. The molecule has 1 amide bonds. The van der Waals surface area contributed by atoms with Crippen molar-refractivity contribution in [3.63, 3.8) is 0 Å². The van der Waals surface area contributed by atoms with Crippen molar-refractivity contribution < 1.29 is 19.8 Å². The summed E-state index contributed by atoms with van der Waals surface area (Å²) in [4.78, 5) is 22.6. The van der Waals surface area contributed by atoms with E-state index in [-0.39, 0.29) is 22.8 Å². The fourth-order valence-corrected chi connectivity index (χ4v) is 1.46. The highest BCUT2D eigenvalue weighted by atomic mass is 35.5. The first-order valence-corrected chi connectivity index (χ1v) is 5.46. The first kappa shape index (κ1) is 14.1. The number of carboxylic acid groups (broad SMARTS) is 1. The van der Waals surface area contributed by atoms with Crippen LogP contribution in [0, 0.1) is 0 Å². The highest BCUT2D eigenvalue weighted by Gasteiger charge is 2.19. The van der Waals surface area contributed by atoms with Crippen molar-refractivity contribution in [1.29, 1.82) is 0 Å². The van der Waals surface area contributed by atoms with Gasteiger partial charge in [0, 0.05) is 5.56 Å². The van der Waals surface area contributed by atoms with E-state index in [0.717, 1.165) is 0 Å². The van der Waals surface area contributed by atoms with E-state index in [4.69, 9.17) is 16.7 Å². The van der Waals surface area contributed by atoms with Crippen LogP contribution in [0.1, 0.15) is 16.8 Å². The molecular weight excluding hydrogens is 258 g/mol. The van der Waals surface area contributed by atoms with E-state index in [2.05, 4.69) is 11.9 Å². The molecule has 0 heterocycles. The van der Waals surface area contributed by atoms with Crippen LogP contribution in [0.2, 0.25) is 5.02 Å². The van der Waals surface area contributed by atoms with E-state index in [0.29, 0.717) is 0 Å². The van der Waals surface area contributed by atoms with Gasteiger partial charge in [0.25, 0.3) is 5.91 Å². The Morgan fingerprint density at radius 2 is 2.17 bits per heavy atom. The molecule has 1 aromatic carbocycles. The van der Waals surface area contributed by atoms with E-state index in [1.807, 2.05) is 0 Å². The number of carbonyl (C=O) groups excluding carboxylic acids is 1. The summed E-state index contributed by atoms with van der Waals surface area (Å²) < 4.78 is 0. The number of rotatable bonds is 5. The van der Waals surface area contributed by atoms with Crippen LogP contribution in [-0.4, -0.2) is 28.1 Å². The molecule has 0 bridgehead atoms. The number of hydrogen-bond acceptors (Lipinski definition) is 3. The van der Waals surface area contributed by atoms with Crippen LogP contribution in [0.25, 0.3) is 0 Å². The number of aliphatic carboxylic acids is 1. The highest BCUT2D eigenvalue weighted by Crippen LogP contribution is 2.23. The molecule has 0 aliphatic rings. The number of carboxylic acids is 1. The molecule has 1 atom stereocenters. The lowest BCUT2D eigenvalue weighted by atomic mass is 10.1. The number of carbonyl (C=O) groups is 2. The summed E-state index contributed by atoms with van der Waals surface area (Å²) in [5.41, 5.74) is 0.174. The van der Waals surface area contributed by atoms with E-state index < -0.39 is 17.9 Å². The lowest BCUT2D eigenvalue weighted by molar-refractivity contribution is -0.139. The molecule has 0 spiro atoms. The summed E-state index contributed by atoms with van der Waals surface area (Å²) in [5.74, 6) is -1.87. The summed E-state index contributed by atoms with van der Waals surface area (Å²) >= 11 is 5.66. The Morgan fingerprint density at radius 1 is 1.50 bits per heavy atom. The van der Waals surface area contributed by atoms with Gasteiger partial charge in [0.05, 0.1) is 5.02 Å². The molecule has 0 radical (unpaired) electrons. The van der Waals surface area contributed by atoms with Crippen molar-refractivity contribution in [2.45, 2.75) is 12.5 Å². The number of amides is 1. The van der Waals surface area contributed by atoms with Crippen molar-refractivity contribution in [1.82, 2.24) is 5.32 Å². The number of benzene rings is 1. The van der Waals surface area contributed by atoms with Crippen LogP contribution in [0.15, 0.2) is 30.9 Å². The molecule has 6 heteroatoms. The zero-order valence-electron chi connectivity index (χ0n) is 9.39. The second kappa shape index (κ2) is 6.07. The first-order chi connectivity index (χ1) is 8.45. The standard InChI is InChI=1S/C12H12ClNO4/c1-2-3-9(12(17)18)14-11(16)7-4-5-10(15)8(13)6-7/h2,4-6,9,15H,1,3H2,(H,14,16)(H,17,18). The minimum Gasteiger partial charge on any atom is -0.506 e. The van der Waals surface area contributed by atoms with Crippen LogP contribution < -0.4 is 5.32 Å². The summed E-state index contributed by atoms with van der Waals surface area (Å²) in [6.07, 6.45) is 1.52. The SMILES string of the molecule is C=CCC(NC(=O)c1ccc(O)c(Cl)c1)C(=O)O. The Kier molecular flexibility index (Phi) is 4.74. The van der Waals surface area contributed by atoms with Crippen LogP contribution in [0.4, 0.5) is 0 Å². The molecular formula is C12H12ClNO4. The van der Waals surface area contributed by atoms with E-state index in [1.165, 1.54) is 24.3 Å². The summed E-state index contributed by atoms with van der Waals surface area (Å²) in [6, 6.07) is 2.84. The smallest absolute Gasteiger partial charge is 0.326 e. The van der Waals surface area contributed by atoms with Gasteiger partial charge in [0.1, 0.15) is 11.8 Å². The van der Waals surface area contributed by atoms with Gasteiger partial charge in [0.2, 0.25) is 0 Å². The number of halogens is 1. The lowest BCUT2D eigenvalue weighted by Crippen LogP contribution is -2.40. The number of phenols is 1. The van der Waals surface area contributed by atoms with Gasteiger partial charge in [-0.15, -0.1) is 6.58 Å². The van der Waals surface area contributed by atoms with Crippen molar-refractivity contribution in [2.75, 3.05) is 0 Å². The van der Waals surface area contributed by atoms with Gasteiger partial charge in [-0.2, -0.15) is 0 Å². The van der Waals surface area contributed by atoms with Crippen molar-refractivity contribution in [3.8, 4) is 5.75 Å². The Morgan fingerprint density at radius 3 is 2.67 bits per heavy atom. The van der Waals surface area contributed by atoms with Gasteiger partial charge >= 0.3 is 5.97 Å². The van der Waals surface area contributed by atoms with Crippen LogP contribution in [0.5, 0.6) is 5.75 Å². The maximum atomic E-state index is 11.7. The minimum absolute atomic E-state index is 0.0262. The molecule has 5 nitrogen and oxygen atoms in total. The summed E-state index contributed by atoms with van der Waals surface area (Å²) in [5, 5.41) is 20.4. The molecule has 0 aliphatic carbocycles. The third-order valence-electron chi connectivity index (χ3n) is 2.22. The highest BCUT2D eigenvalue weighted by molar-refractivity contribution is 6.32. The Labute approximate surface area is 109 Å². The van der Waals surface area contributed by atoms with Crippen molar-refractivity contribution in [2.24, 2.45) is 0 Å². The molecule has 0 aromatic heterocycles. The molecule has 3 N–H and O–H groups in total. The predicted molar refractivity (Wildman–Crippen MR) is 66.8 cm³/mol. The fraction of sp³-hybridized carbons (Fsp3) is 0.167. The Balaban J connectivity index is 2.83. The van der Waals surface area contributed by atoms with E-state index in [1.54, 1.807) is 0 Å². The number of phenolic OH excluding ortho intramolecular Hbond substituents is 1. The largest absolute Gasteiger partial charge is 0.506 e. The molecule has 0 saturated carbocycles. The molecule has 1 aromatic rings. The average molecular weight is 270 g/mol. The third kappa shape index (κ3) is 3.49. The Hall–Kier alpha value is -2.01. The first-order valence-electron chi connectivity index (χ1n) is 5.08. The summed E-state index contributed by atoms with van der Waals surface area (Å²) in [7, 11) is 0. The van der Waals surface area contributed by atoms with Gasteiger partial charge < -0.3 is 15.5 Å². The minimum atomic E-state index is -1.15. The maximum absolute atomic E-state index is 11.7. The van der Waals surface area contributed by atoms with Crippen LogP contribution >= 0.6 is 11.6 Å². The van der Waals surface area contributed by atoms with Gasteiger partial charge in [0.15, 0.2) is 0 Å². The van der Waals surface area contributed by atoms with E-state index in [9.17, 15) is 14.7 Å². The van der Waals surface area contributed by atoms with Gasteiger partial charge in [-0.1, -0.05) is 17.7 Å². The van der Waals surface area contributed by atoms with Gasteiger partial charge in [-0.3, -0.25) is 4.79 Å². The predicted octanol–water partition coefficient (Wildman–Crippen LogP) is 1.80. The molecule has 0 aliphatic heterocycles. The van der Waals surface area contributed by atoms with Crippen LogP contribution in [0.3, 0.4) is 0 Å². The monoisotopic (exact) mass is 269 g/mol. The second-order valence-corrected chi connectivity index (χ2v) is 3.96. The normalized spacial score (nSPS) is 11.6. The lowest BCUT2D eigenvalue weighted by Gasteiger charge is -2.12. The zero-order chi connectivity index (χ0) is 13.7. The summed E-state index contributed by atoms with van der Waals surface area (Å²) in [6.45, 7) is 3.42. The number of hydrogen-bond donors (Lipinski definition) is 3. The molecule has 0 fully saturated rings. The fourth-order valence-electron chi connectivity index (χ4n) is 1.28. The van der Waals surface area contributed by atoms with Gasteiger partial charge in [-0.25, -0.2) is 4.79 Å². The zero-order valence-corrected chi connectivity index (χ0v) is 10.1. The van der Waals surface area contributed by atoms with E-state index >= 15 is 0 Å². The molecule has 0 saturated heterocycles. The molecule has 96 valence electrons. The quantitative estimate of drug-likeness (QED) is 0.712. The number of aromatic hydroxyl groups is 1. The maximum Gasteiger partial charge on any atom is 0.326 e. The Bertz CT molecular complexity index is 487. The van der Waals surface area contributed by atoms with Crippen molar-refractivity contribution >= 4 is 23.5 Å². The topological polar surface area (TPSA) is 86.6 Å². The van der Waals surface area contributed by atoms with Gasteiger partial charge in [-0.05, 0) is 24.6 Å². The van der Waals surface area contributed by atoms with Crippen LogP contribution in [-0.2, 0) is 4.79 Å². The average Bonchev–Trinajstić information content (AvgIpc) is 2.31. The second-order valence-electron chi connectivity index (χ2n) is 3.55. The third-order valence-corrected chi connectivity index (χ3v) is 2.52.